The molecule has 0 bridgehead atoms. The van der Waals surface area contributed by atoms with Gasteiger partial charge in [-0.1, -0.05) is 93.1 Å². The van der Waals surface area contributed by atoms with Crippen LogP contribution in [0.5, 0.6) is 0 Å². The maximum Gasteiger partial charge on any atom is 0.271 e. The highest BCUT2D eigenvalue weighted by Crippen LogP contribution is 2.41. The molecule has 5 nitrogen and oxygen atoms in total. The van der Waals surface area contributed by atoms with E-state index < -0.39 is 5.54 Å². The number of hydrogen-bond donors (Lipinski definition) is 1. The Labute approximate surface area is 251 Å². The third-order valence-corrected chi connectivity index (χ3v) is 10.4. The van der Waals surface area contributed by atoms with E-state index in [9.17, 15) is 9.59 Å². The number of hydrogen-bond acceptors (Lipinski definition) is 3. The van der Waals surface area contributed by atoms with Gasteiger partial charge in [0.05, 0.1) is 16.8 Å². The lowest BCUT2D eigenvalue weighted by atomic mass is 9.83. The van der Waals surface area contributed by atoms with Crippen LogP contribution >= 0.6 is 22.9 Å². The summed E-state index contributed by atoms with van der Waals surface area (Å²) in [5.41, 5.74) is 2.48. The van der Waals surface area contributed by atoms with Gasteiger partial charge in [-0.3, -0.25) is 9.59 Å². The Morgan fingerprint density at radius 1 is 1.00 bits per heavy atom. The zero-order valence-electron chi connectivity index (χ0n) is 23.7. The van der Waals surface area contributed by atoms with Crippen LogP contribution in [0, 0.1) is 0 Å². The van der Waals surface area contributed by atoms with E-state index in [-0.39, 0.29) is 17.9 Å². The van der Waals surface area contributed by atoms with Crippen LogP contribution in [-0.4, -0.2) is 33.9 Å². The van der Waals surface area contributed by atoms with Gasteiger partial charge < -0.3 is 14.8 Å². The van der Waals surface area contributed by atoms with Crippen LogP contribution in [0.15, 0.2) is 66.7 Å². The minimum Gasteiger partial charge on any atom is -0.351 e. The third-order valence-electron chi connectivity index (χ3n) is 8.91. The fourth-order valence-electron chi connectivity index (χ4n) is 6.62. The maximum absolute atomic E-state index is 14.8. The molecule has 0 unspecified atom stereocenters. The molecule has 1 saturated carbocycles. The van der Waals surface area contributed by atoms with Crippen LogP contribution in [0.25, 0.3) is 10.2 Å². The van der Waals surface area contributed by atoms with Gasteiger partial charge >= 0.3 is 0 Å². The molecule has 0 radical (unpaired) electrons. The van der Waals surface area contributed by atoms with E-state index in [0.29, 0.717) is 30.2 Å². The predicted molar refractivity (Wildman–Crippen MR) is 168 cm³/mol. The zero-order chi connectivity index (χ0) is 28.4. The fourth-order valence-corrected chi connectivity index (χ4v) is 7.78. The first-order valence-electron chi connectivity index (χ1n) is 15.0. The molecular formula is C34H38ClN3O2S. The van der Waals surface area contributed by atoms with E-state index in [1.54, 1.807) is 11.3 Å². The Morgan fingerprint density at radius 3 is 2.41 bits per heavy atom. The molecule has 2 aromatic carbocycles. The molecule has 2 amide bonds. The molecule has 1 aliphatic heterocycles. The van der Waals surface area contributed by atoms with Gasteiger partial charge in [-0.2, -0.15) is 0 Å². The van der Waals surface area contributed by atoms with Crippen molar-refractivity contribution in [3.8, 4) is 0 Å². The Bertz CT molecular complexity index is 1520. The van der Waals surface area contributed by atoms with Crippen LogP contribution in [0.2, 0.25) is 5.02 Å². The highest BCUT2D eigenvalue weighted by Gasteiger charge is 2.52. The number of aromatic nitrogens is 1. The number of nitrogens with zero attached hydrogens (tertiary/aromatic N) is 2. The second kappa shape index (κ2) is 12.0. The molecule has 6 rings (SSSR count). The van der Waals surface area contributed by atoms with Gasteiger partial charge in [-0.15, -0.1) is 11.3 Å². The first kappa shape index (κ1) is 28.0. The summed E-state index contributed by atoms with van der Waals surface area (Å²) < 4.78 is 3.21. The van der Waals surface area contributed by atoms with E-state index in [1.807, 2.05) is 65.6 Å². The van der Waals surface area contributed by atoms with Gasteiger partial charge in [0.15, 0.2) is 5.54 Å². The van der Waals surface area contributed by atoms with Crippen molar-refractivity contribution >= 4 is 45.0 Å². The molecule has 2 aromatic heterocycles. The normalized spacial score (nSPS) is 20.0. The molecule has 1 N–H and O–H groups in total. The number of amides is 2. The summed E-state index contributed by atoms with van der Waals surface area (Å²) in [6, 6.07) is 22.0. The van der Waals surface area contributed by atoms with Crippen molar-refractivity contribution in [1.29, 1.82) is 0 Å². The van der Waals surface area contributed by atoms with Crippen molar-refractivity contribution in [2.75, 3.05) is 6.54 Å². The average Bonchev–Trinajstić information content (AvgIpc) is 3.53. The number of fused-ring (bicyclic) bond motifs is 3. The Balaban J connectivity index is 1.46. The highest BCUT2D eigenvalue weighted by molar-refractivity contribution is 7.19. The molecule has 1 atom stereocenters. The van der Waals surface area contributed by atoms with Crippen LogP contribution in [-0.2, 0) is 29.7 Å². The number of benzene rings is 2. The minimum atomic E-state index is -1.17. The smallest absolute Gasteiger partial charge is 0.271 e. The Kier molecular flexibility index (Phi) is 8.23. The van der Waals surface area contributed by atoms with Crippen molar-refractivity contribution in [3.05, 3.63) is 93.5 Å². The fraction of sp³-hybridized carbons (Fsp3) is 0.412. The van der Waals surface area contributed by atoms with Gasteiger partial charge in [0.2, 0.25) is 0 Å². The lowest BCUT2D eigenvalue weighted by molar-refractivity contribution is -0.135. The van der Waals surface area contributed by atoms with Gasteiger partial charge in [0.25, 0.3) is 11.8 Å². The van der Waals surface area contributed by atoms with Crippen molar-refractivity contribution < 1.29 is 9.59 Å². The number of nitrogens with one attached hydrogen (secondary N) is 1. The number of halogens is 1. The van der Waals surface area contributed by atoms with Gasteiger partial charge in [0, 0.05) is 22.5 Å². The molecule has 4 aromatic rings. The van der Waals surface area contributed by atoms with E-state index in [4.69, 9.17) is 11.6 Å². The van der Waals surface area contributed by atoms with E-state index in [0.717, 1.165) is 53.4 Å². The summed E-state index contributed by atoms with van der Waals surface area (Å²) >= 11 is 7.89. The van der Waals surface area contributed by atoms with Crippen molar-refractivity contribution in [2.24, 2.45) is 0 Å². The lowest BCUT2D eigenvalue weighted by Gasteiger charge is -2.47. The SMILES string of the molecule is CCc1cc2c(cc3n2C[C@](C(=O)NC2CCCCCCC2)(c2ccccc2)N(CCc2ccc(Cl)cc2)C3=O)s1. The molecule has 41 heavy (non-hydrogen) atoms. The molecule has 0 spiro atoms. The lowest BCUT2D eigenvalue weighted by Crippen LogP contribution is -2.64. The second-order valence-corrected chi connectivity index (χ2v) is 13.1. The summed E-state index contributed by atoms with van der Waals surface area (Å²) in [7, 11) is 0. The molecule has 214 valence electrons. The van der Waals surface area contributed by atoms with Crippen LogP contribution in [0.3, 0.4) is 0 Å². The third kappa shape index (κ3) is 5.44. The summed E-state index contributed by atoms with van der Waals surface area (Å²) in [5, 5.41) is 4.16. The van der Waals surface area contributed by atoms with Gasteiger partial charge in [-0.25, -0.2) is 0 Å². The van der Waals surface area contributed by atoms with Crippen molar-refractivity contribution in [2.45, 2.75) is 82.8 Å². The minimum absolute atomic E-state index is 0.0721. The topological polar surface area (TPSA) is 54.3 Å². The summed E-state index contributed by atoms with van der Waals surface area (Å²) in [6.07, 6.45) is 9.49. The van der Waals surface area contributed by atoms with E-state index in [1.165, 1.54) is 24.1 Å². The molecule has 1 fully saturated rings. The second-order valence-electron chi connectivity index (χ2n) is 11.5. The summed E-state index contributed by atoms with van der Waals surface area (Å²) in [6.45, 7) is 2.97. The zero-order valence-corrected chi connectivity index (χ0v) is 25.3. The first-order chi connectivity index (χ1) is 20.0. The monoisotopic (exact) mass is 587 g/mol. The van der Waals surface area contributed by atoms with Crippen LogP contribution in [0.4, 0.5) is 0 Å². The predicted octanol–water partition coefficient (Wildman–Crippen LogP) is 7.74. The molecule has 0 saturated heterocycles. The van der Waals surface area contributed by atoms with Crippen molar-refractivity contribution in [1.82, 2.24) is 14.8 Å². The van der Waals surface area contributed by atoms with Gasteiger partial charge in [0.1, 0.15) is 5.69 Å². The molecular weight excluding hydrogens is 550 g/mol. The average molecular weight is 588 g/mol. The number of rotatable bonds is 7. The molecule has 1 aliphatic carbocycles. The quantitative estimate of drug-likeness (QED) is 0.240. The number of carbonyl (C=O) groups is 2. The van der Waals surface area contributed by atoms with Crippen molar-refractivity contribution in [3.63, 3.8) is 0 Å². The molecule has 7 heteroatoms. The van der Waals surface area contributed by atoms with Crippen LogP contribution in [0.1, 0.15) is 78.4 Å². The van der Waals surface area contributed by atoms with Crippen LogP contribution < -0.4 is 5.32 Å². The molecule has 3 heterocycles. The maximum atomic E-state index is 14.8. The Hall–Kier alpha value is -3.09. The number of thiophene rings is 1. The summed E-state index contributed by atoms with van der Waals surface area (Å²) in [5.74, 6) is -0.166. The standard InChI is InChI=1S/C34H38ClN3O2S/c1-2-28-21-29-31(41-28)22-30-32(39)38(20-19-24-15-17-26(35)18-16-24)34(23-37(29)30,25-11-7-6-8-12-25)33(40)36-27-13-9-4-3-5-10-14-27/h6-8,11-12,15-18,21-22,27H,2-5,9-10,13-14,19-20,23H2,1H3,(H,36,40)/t34-/m1/s1. The largest absolute Gasteiger partial charge is 0.351 e. The summed E-state index contributed by atoms with van der Waals surface area (Å²) in [4.78, 5) is 32.4. The van der Waals surface area contributed by atoms with E-state index >= 15 is 0 Å². The number of carbonyl (C=O) groups excluding carboxylic acids is 2. The highest BCUT2D eigenvalue weighted by atomic mass is 35.5. The molecule has 2 aliphatic rings. The van der Waals surface area contributed by atoms with Gasteiger partial charge in [-0.05, 0) is 61.1 Å². The first-order valence-corrected chi connectivity index (χ1v) is 16.2. The number of aryl methyl sites for hydroxylation is 1. The Morgan fingerprint density at radius 2 is 1.71 bits per heavy atom. The van der Waals surface area contributed by atoms with E-state index in [2.05, 4.69) is 22.9 Å².